The Morgan fingerprint density at radius 3 is 2.71 bits per heavy atom. The summed E-state index contributed by atoms with van der Waals surface area (Å²) >= 11 is 0. The summed E-state index contributed by atoms with van der Waals surface area (Å²) in [4.78, 5) is 0. The summed E-state index contributed by atoms with van der Waals surface area (Å²) in [6.45, 7) is 14.1. The van der Waals surface area contributed by atoms with Gasteiger partial charge >= 0.3 is 0 Å². The van der Waals surface area contributed by atoms with E-state index in [9.17, 15) is 5.11 Å². The smallest absolute Gasteiger partial charge is 0.0515 e. The SMILES string of the molecule is CC(=CCCC(C)O)CCC1C(C)=CCC2C(C)(C)CCCC12C. The molecule has 0 radical (unpaired) electrons. The second kappa shape index (κ2) is 7.77. The van der Waals surface area contributed by atoms with E-state index < -0.39 is 0 Å². The lowest BCUT2D eigenvalue weighted by atomic mass is 9.48. The molecule has 2 aliphatic rings. The molecular weight excluding hydrogens is 292 g/mol. The molecule has 2 rings (SSSR count). The van der Waals surface area contributed by atoms with Crippen LogP contribution in [0.5, 0.6) is 0 Å². The number of fused-ring (bicyclic) bond motifs is 1. The zero-order chi connectivity index (χ0) is 18.0. The predicted molar refractivity (Wildman–Crippen MR) is 105 cm³/mol. The molecular formula is C23H40O. The highest BCUT2D eigenvalue weighted by Gasteiger charge is 2.51. The van der Waals surface area contributed by atoms with Gasteiger partial charge in [-0.05, 0) is 88.4 Å². The van der Waals surface area contributed by atoms with Gasteiger partial charge in [-0.15, -0.1) is 0 Å². The first-order chi connectivity index (χ1) is 11.2. The second-order valence-corrected chi connectivity index (χ2v) is 9.65. The molecule has 0 aromatic carbocycles. The zero-order valence-corrected chi connectivity index (χ0v) is 17.0. The van der Waals surface area contributed by atoms with Crippen LogP contribution in [0.3, 0.4) is 0 Å². The Balaban J connectivity index is 2.05. The molecule has 0 amide bonds. The Morgan fingerprint density at radius 1 is 1.33 bits per heavy atom. The zero-order valence-electron chi connectivity index (χ0n) is 17.0. The minimum atomic E-state index is -0.179. The topological polar surface area (TPSA) is 20.2 Å². The maximum atomic E-state index is 9.41. The highest BCUT2D eigenvalue weighted by molar-refractivity contribution is 5.19. The summed E-state index contributed by atoms with van der Waals surface area (Å²) in [5, 5.41) is 9.41. The molecule has 2 aliphatic carbocycles. The lowest BCUT2D eigenvalue weighted by molar-refractivity contribution is -0.0390. The minimum Gasteiger partial charge on any atom is -0.393 e. The maximum absolute atomic E-state index is 9.41. The average molecular weight is 333 g/mol. The highest BCUT2D eigenvalue weighted by atomic mass is 16.3. The Hall–Kier alpha value is -0.560. The lowest BCUT2D eigenvalue weighted by Crippen LogP contribution is -2.48. The number of hydrogen-bond acceptors (Lipinski definition) is 1. The quantitative estimate of drug-likeness (QED) is 0.538. The third-order valence-corrected chi connectivity index (χ3v) is 7.20. The normalized spacial score (nSPS) is 34.5. The van der Waals surface area contributed by atoms with E-state index in [0.29, 0.717) is 10.8 Å². The van der Waals surface area contributed by atoms with Crippen LogP contribution >= 0.6 is 0 Å². The summed E-state index contributed by atoms with van der Waals surface area (Å²) in [5.41, 5.74) is 4.12. The van der Waals surface area contributed by atoms with Gasteiger partial charge in [-0.25, -0.2) is 0 Å². The van der Waals surface area contributed by atoms with Crippen LogP contribution in [0.4, 0.5) is 0 Å². The summed E-state index contributed by atoms with van der Waals surface area (Å²) < 4.78 is 0. The van der Waals surface area contributed by atoms with Crippen molar-refractivity contribution in [1.82, 2.24) is 0 Å². The molecule has 0 spiro atoms. The third kappa shape index (κ3) is 4.34. The third-order valence-electron chi connectivity index (χ3n) is 7.20. The van der Waals surface area contributed by atoms with Crippen molar-refractivity contribution in [1.29, 1.82) is 0 Å². The van der Waals surface area contributed by atoms with E-state index in [1.54, 1.807) is 5.57 Å². The van der Waals surface area contributed by atoms with Gasteiger partial charge in [0, 0.05) is 0 Å². The van der Waals surface area contributed by atoms with E-state index in [1.165, 1.54) is 44.1 Å². The molecule has 1 N–H and O–H groups in total. The van der Waals surface area contributed by atoms with Crippen molar-refractivity contribution in [2.45, 2.75) is 99.0 Å². The fourth-order valence-electron chi connectivity index (χ4n) is 5.74. The van der Waals surface area contributed by atoms with Crippen LogP contribution in [-0.4, -0.2) is 11.2 Å². The minimum absolute atomic E-state index is 0.179. The molecule has 1 nitrogen and oxygen atoms in total. The molecule has 138 valence electrons. The number of aliphatic hydroxyl groups excluding tert-OH is 1. The van der Waals surface area contributed by atoms with Crippen molar-refractivity contribution >= 4 is 0 Å². The molecule has 0 aliphatic heterocycles. The molecule has 1 saturated carbocycles. The van der Waals surface area contributed by atoms with Crippen molar-refractivity contribution in [3.63, 3.8) is 0 Å². The fourth-order valence-corrected chi connectivity index (χ4v) is 5.74. The molecule has 1 fully saturated rings. The molecule has 0 saturated heterocycles. The first-order valence-electron chi connectivity index (χ1n) is 10.2. The number of rotatable bonds is 6. The van der Waals surface area contributed by atoms with Gasteiger partial charge in [0.25, 0.3) is 0 Å². The van der Waals surface area contributed by atoms with Gasteiger partial charge in [-0.1, -0.05) is 50.5 Å². The monoisotopic (exact) mass is 332 g/mol. The van der Waals surface area contributed by atoms with Crippen molar-refractivity contribution in [3.8, 4) is 0 Å². The van der Waals surface area contributed by atoms with Gasteiger partial charge in [-0.2, -0.15) is 0 Å². The Morgan fingerprint density at radius 2 is 2.04 bits per heavy atom. The molecule has 0 aromatic heterocycles. The van der Waals surface area contributed by atoms with E-state index in [2.05, 4.69) is 46.8 Å². The van der Waals surface area contributed by atoms with Crippen LogP contribution in [0.1, 0.15) is 92.9 Å². The van der Waals surface area contributed by atoms with E-state index in [4.69, 9.17) is 0 Å². The van der Waals surface area contributed by atoms with E-state index in [-0.39, 0.29) is 6.10 Å². The van der Waals surface area contributed by atoms with E-state index >= 15 is 0 Å². The molecule has 4 unspecified atom stereocenters. The van der Waals surface area contributed by atoms with Crippen molar-refractivity contribution in [3.05, 3.63) is 23.3 Å². The highest BCUT2D eigenvalue weighted by Crippen LogP contribution is 2.60. The molecule has 4 atom stereocenters. The first-order valence-corrected chi connectivity index (χ1v) is 10.2. The largest absolute Gasteiger partial charge is 0.393 e. The average Bonchev–Trinajstić information content (AvgIpc) is 2.45. The van der Waals surface area contributed by atoms with E-state index in [1.807, 2.05) is 6.92 Å². The standard InChI is InChI=1S/C23H40O/c1-17(9-7-10-19(3)24)11-13-20-18(2)12-14-21-22(4,5)15-8-16-23(20,21)6/h9,12,19-21,24H,7-8,10-11,13-16H2,1-6H3. The molecule has 0 aromatic rings. The maximum Gasteiger partial charge on any atom is 0.0515 e. The number of aliphatic hydroxyl groups is 1. The van der Waals surface area contributed by atoms with Crippen LogP contribution in [0, 0.1) is 22.7 Å². The van der Waals surface area contributed by atoms with Crippen LogP contribution in [0.2, 0.25) is 0 Å². The van der Waals surface area contributed by atoms with Crippen molar-refractivity contribution < 1.29 is 5.11 Å². The second-order valence-electron chi connectivity index (χ2n) is 9.65. The molecule has 1 heteroatoms. The van der Waals surface area contributed by atoms with Gasteiger partial charge in [0.1, 0.15) is 0 Å². The summed E-state index contributed by atoms with van der Waals surface area (Å²) in [7, 11) is 0. The Bertz CT molecular complexity index is 482. The van der Waals surface area contributed by atoms with Gasteiger partial charge in [0.15, 0.2) is 0 Å². The number of hydrogen-bond donors (Lipinski definition) is 1. The van der Waals surface area contributed by atoms with Crippen LogP contribution < -0.4 is 0 Å². The summed E-state index contributed by atoms with van der Waals surface area (Å²) in [5.74, 6) is 1.59. The van der Waals surface area contributed by atoms with Crippen LogP contribution in [0.25, 0.3) is 0 Å². The lowest BCUT2D eigenvalue weighted by Gasteiger charge is -2.57. The molecule has 24 heavy (non-hydrogen) atoms. The summed E-state index contributed by atoms with van der Waals surface area (Å²) in [6, 6.07) is 0. The first kappa shape index (κ1) is 19.8. The van der Waals surface area contributed by atoms with Crippen molar-refractivity contribution in [2.24, 2.45) is 22.7 Å². The van der Waals surface area contributed by atoms with Crippen LogP contribution in [-0.2, 0) is 0 Å². The molecule has 0 bridgehead atoms. The predicted octanol–water partition coefficient (Wildman–Crippen LogP) is 6.67. The summed E-state index contributed by atoms with van der Waals surface area (Å²) in [6.07, 6.45) is 14.6. The van der Waals surface area contributed by atoms with Gasteiger partial charge in [0.2, 0.25) is 0 Å². The van der Waals surface area contributed by atoms with Gasteiger partial charge in [-0.3, -0.25) is 0 Å². The van der Waals surface area contributed by atoms with Crippen molar-refractivity contribution in [2.75, 3.05) is 0 Å². The Kier molecular flexibility index (Phi) is 6.40. The fraction of sp³-hybridized carbons (Fsp3) is 0.826. The molecule has 0 heterocycles. The number of allylic oxidation sites excluding steroid dienone is 4. The van der Waals surface area contributed by atoms with Gasteiger partial charge < -0.3 is 5.11 Å². The van der Waals surface area contributed by atoms with Crippen LogP contribution in [0.15, 0.2) is 23.3 Å². The van der Waals surface area contributed by atoms with E-state index in [0.717, 1.165) is 24.7 Å². The Labute approximate surface area is 150 Å². The van der Waals surface area contributed by atoms with Gasteiger partial charge in [0.05, 0.1) is 6.10 Å².